The lowest BCUT2D eigenvalue weighted by atomic mass is 10.1. The van der Waals surface area contributed by atoms with Crippen LogP contribution in [-0.4, -0.2) is 16.1 Å². The van der Waals surface area contributed by atoms with Crippen LogP contribution in [0.3, 0.4) is 0 Å². The van der Waals surface area contributed by atoms with Crippen LogP contribution in [-0.2, 0) is 4.79 Å². The molecule has 26 heavy (non-hydrogen) atoms. The summed E-state index contributed by atoms with van der Waals surface area (Å²) in [6.07, 6.45) is 1.85. The van der Waals surface area contributed by atoms with Gasteiger partial charge in [0.1, 0.15) is 0 Å². The van der Waals surface area contributed by atoms with E-state index in [9.17, 15) is 4.79 Å². The van der Waals surface area contributed by atoms with Crippen molar-refractivity contribution in [1.82, 2.24) is 10.2 Å². The second-order valence-electron chi connectivity index (χ2n) is 6.49. The van der Waals surface area contributed by atoms with Crippen LogP contribution in [0.1, 0.15) is 32.3 Å². The van der Waals surface area contributed by atoms with Crippen LogP contribution in [0.25, 0.3) is 22.9 Å². The molecule has 1 N–H and O–H groups in total. The van der Waals surface area contributed by atoms with Gasteiger partial charge in [-0.15, -0.1) is 10.2 Å². The molecule has 1 aromatic heterocycles. The zero-order chi connectivity index (χ0) is 18.5. The Balaban J connectivity index is 1.81. The average Bonchev–Trinajstić information content (AvgIpc) is 3.12. The number of nitrogens with one attached hydrogen (secondary N) is 1. The lowest BCUT2D eigenvalue weighted by Crippen LogP contribution is -2.20. The summed E-state index contributed by atoms with van der Waals surface area (Å²) >= 11 is 0. The van der Waals surface area contributed by atoms with Crippen LogP contribution in [0.5, 0.6) is 0 Å². The molecule has 0 aliphatic carbocycles. The van der Waals surface area contributed by atoms with Gasteiger partial charge in [-0.2, -0.15) is 0 Å². The number of amides is 1. The van der Waals surface area contributed by atoms with Crippen molar-refractivity contribution in [2.75, 3.05) is 5.32 Å². The Kier molecular flexibility index (Phi) is 5.46. The normalized spacial score (nSPS) is 12.0. The van der Waals surface area contributed by atoms with E-state index >= 15 is 0 Å². The van der Waals surface area contributed by atoms with Crippen molar-refractivity contribution in [1.29, 1.82) is 0 Å². The van der Waals surface area contributed by atoms with Crippen molar-refractivity contribution in [3.8, 4) is 22.9 Å². The molecule has 134 valence electrons. The minimum Gasteiger partial charge on any atom is -0.416 e. The topological polar surface area (TPSA) is 68.0 Å². The number of anilines is 1. The molecule has 0 aliphatic heterocycles. The van der Waals surface area contributed by atoms with E-state index in [1.807, 2.05) is 62.4 Å². The predicted octanol–water partition coefficient (Wildman–Crippen LogP) is 5.09. The summed E-state index contributed by atoms with van der Waals surface area (Å²) in [5.74, 6) is 0.930. The average molecular weight is 349 g/mol. The minimum atomic E-state index is -0.0141. The lowest BCUT2D eigenvalue weighted by molar-refractivity contribution is -0.119. The molecule has 0 radical (unpaired) electrons. The van der Waals surface area contributed by atoms with Crippen LogP contribution in [0, 0.1) is 12.8 Å². The van der Waals surface area contributed by atoms with Gasteiger partial charge in [-0.05, 0) is 43.2 Å². The first-order valence-corrected chi connectivity index (χ1v) is 8.89. The van der Waals surface area contributed by atoms with Crippen molar-refractivity contribution in [3.63, 3.8) is 0 Å². The number of nitrogens with zero attached hydrogens (tertiary/aromatic N) is 2. The minimum absolute atomic E-state index is 0.0141. The standard InChI is InChI=1S/C21H23N3O2/c1-4-8-15(3)19(25)22-17-11-7-10-16(13-17)20-23-24-21(26-20)18-12-6-5-9-14(18)2/h5-7,9-13,15H,4,8H2,1-3H3,(H,22,25). The van der Waals surface area contributed by atoms with E-state index in [-0.39, 0.29) is 11.8 Å². The second kappa shape index (κ2) is 7.95. The fourth-order valence-corrected chi connectivity index (χ4v) is 2.82. The maximum Gasteiger partial charge on any atom is 0.248 e. The fourth-order valence-electron chi connectivity index (χ4n) is 2.82. The molecule has 1 atom stereocenters. The highest BCUT2D eigenvalue weighted by atomic mass is 16.4. The van der Waals surface area contributed by atoms with Crippen molar-refractivity contribution in [2.45, 2.75) is 33.6 Å². The number of hydrogen-bond acceptors (Lipinski definition) is 4. The number of aryl methyl sites for hydroxylation is 1. The van der Waals surface area contributed by atoms with E-state index in [4.69, 9.17) is 4.42 Å². The molecule has 5 heteroatoms. The number of aromatic nitrogens is 2. The molecule has 3 aromatic rings. The van der Waals surface area contributed by atoms with Gasteiger partial charge < -0.3 is 9.73 Å². The molecule has 0 spiro atoms. The summed E-state index contributed by atoms with van der Waals surface area (Å²) in [5, 5.41) is 11.3. The number of benzene rings is 2. The molecule has 0 aliphatic rings. The van der Waals surface area contributed by atoms with E-state index in [0.29, 0.717) is 11.8 Å². The number of carbonyl (C=O) groups excluding carboxylic acids is 1. The largest absolute Gasteiger partial charge is 0.416 e. The molecule has 5 nitrogen and oxygen atoms in total. The smallest absolute Gasteiger partial charge is 0.248 e. The molecule has 1 unspecified atom stereocenters. The first kappa shape index (κ1) is 17.9. The summed E-state index contributed by atoms with van der Waals surface area (Å²) in [6, 6.07) is 15.4. The highest BCUT2D eigenvalue weighted by molar-refractivity contribution is 5.92. The van der Waals surface area contributed by atoms with E-state index in [1.165, 1.54) is 0 Å². The van der Waals surface area contributed by atoms with Gasteiger partial charge in [0.05, 0.1) is 0 Å². The van der Waals surface area contributed by atoms with Crippen molar-refractivity contribution < 1.29 is 9.21 Å². The van der Waals surface area contributed by atoms with E-state index in [0.717, 1.165) is 35.2 Å². The Hall–Kier alpha value is -2.95. The summed E-state index contributed by atoms with van der Waals surface area (Å²) in [6.45, 7) is 6.02. The predicted molar refractivity (Wildman–Crippen MR) is 103 cm³/mol. The van der Waals surface area contributed by atoms with Crippen LogP contribution < -0.4 is 5.32 Å². The Bertz CT molecular complexity index is 902. The SMILES string of the molecule is CCCC(C)C(=O)Nc1cccc(-c2nnc(-c3ccccc3C)o2)c1. The third-order valence-corrected chi connectivity index (χ3v) is 4.35. The first-order chi connectivity index (χ1) is 12.6. The van der Waals surface area contributed by atoms with E-state index in [1.54, 1.807) is 0 Å². The van der Waals surface area contributed by atoms with Gasteiger partial charge in [0.25, 0.3) is 0 Å². The number of rotatable bonds is 6. The van der Waals surface area contributed by atoms with E-state index < -0.39 is 0 Å². The van der Waals surface area contributed by atoms with Gasteiger partial charge >= 0.3 is 0 Å². The molecular formula is C21H23N3O2. The van der Waals surface area contributed by atoms with Gasteiger partial charge in [0.15, 0.2) is 0 Å². The molecule has 0 bridgehead atoms. The monoisotopic (exact) mass is 349 g/mol. The van der Waals surface area contributed by atoms with Crippen LogP contribution in [0.4, 0.5) is 5.69 Å². The maximum absolute atomic E-state index is 12.2. The molecule has 0 saturated carbocycles. The summed E-state index contributed by atoms with van der Waals surface area (Å²) < 4.78 is 5.85. The summed E-state index contributed by atoms with van der Waals surface area (Å²) in [5.41, 5.74) is 3.50. The highest BCUT2D eigenvalue weighted by Crippen LogP contribution is 2.27. The third kappa shape index (κ3) is 3.99. The van der Waals surface area contributed by atoms with Gasteiger partial charge in [-0.25, -0.2) is 0 Å². The quantitative estimate of drug-likeness (QED) is 0.673. The van der Waals surface area contributed by atoms with Gasteiger partial charge in [-0.3, -0.25) is 4.79 Å². The Morgan fingerprint density at radius 2 is 1.88 bits per heavy atom. The van der Waals surface area contributed by atoms with Crippen LogP contribution in [0.15, 0.2) is 52.9 Å². The Morgan fingerprint density at radius 3 is 2.65 bits per heavy atom. The first-order valence-electron chi connectivity index (χ1n) is 8.89. The zero-order valence-electron chi connectivity index (χ0n) is 15.3. The maximum atomic E-state index is 12.2. The Morgan fingerprint density at radius 1 is 1.12 bits per heavy atom. The zero-order valence-corrected chi connectivity index (χ0v) is 15.3. The lowest BCUT2D eigenvalue weighted by Gasteiger charge is -2.11. The fraction of sp³-hybridized carbons (Fsp3) is 0.286. The molecular weight excluding hydrogens is 326 g/mol. The number of hydrogen-bond donors (Lipinski definition) is 1. The van der Waals surface area contributed by atoms with Crippen LogP contribution in [0.2, 0.25) is 0 Å². The van der Waals surface area contributed by atoms with Gasteiger partial charge in [-0.1, -0.05) is 44.5 Å². The molecule has 1 heterocycles. The van der Waals surface area contributed by atoms with Crippen molar-refractivity contribution in [2.24, 2.45) is 5.92 Å². The van der Waals surface area contributed by atoms with Crippen LogP contribution >= 0.6 is 0 Å². The van der Waals surface area contributed by atoms with Gasteiger partial charge in [0, 0.05) is 22.7 Å². The van der Waals surface area contributed by atoms with Gasteiger partial charge in [0.2, 0.25) is 17.7 Å². The summed E-state index contributed by atoms with van der Waals surface area (Å²) in [7, 11) is 0. The van der Waals surface area contributed by atoms with E-state index in [2.05, 4.69) is 22.4 Å². The molecule has 2 aromatic carbocycles. The third-order valence-electron chi connectivity index (χ3n) is 4.35. The second-order valence-corrected chi connectivity index (χ2v) is 6.49. The van der Waals surface area contributed by atoms with Crippen molar-refractivity contribution >= 4 is 11.6 Å². The molecule has 1 amide bonds. The molecule has 0 fully saturated rings. The highest BCUT2D eigenvalue weighted by Gasteiger charge is 2.14. The Labute approximate surface area is 153 Å². The molecule has 0 saturated heterocycles. The van der Waals surface area contributed by atoms with Crippen molar-refractivity contribution in [3.05, 3.63) is 54.1 Å². The number of carbonyl (C=O) groups is 1. The summed E-state index contributed by atoms with van der Waals surface area (Å²) in [4.78, 5) is 12.2. The molecule has 3 rings (SSSR count).